The molecule has 0 aromatic heterocycles. The van der Waals surface area contributed by atoms with Crippen LogP contribution in [-0.4, -0.2) is 30.3 Å². The van der Waals surface area contributed by atoms with Gasteiger partial charge in [-0.3, -0.25) is 4.79 Å². The first kappa shape index (κ1) is 17.6. The molecule has 1 aromatic carbocycles. The van der Waals surface area contributed by atoms with E-state index in [1.807, 2.05) is 0 Å². The van der Waals surface area contributed by atoms with Crippen LogP contribution in [0.3, 0.4) is 0 Å². The number of carboxylic acid groups (broad SMARTS) is 1. The molecule has 0 aliphatic rings. The van der Waals surface area contributed by atoms with Crippen molar-refractivity contribution in [2.45, 2.75) is 12.4 Å². The minimum Gasteiger partial charge on any atom is -0.480 e. The van der Waals surface area contributed by atoms with Crippen LogP contribution in [0.4, 0.5) is 32.0 Å². The molecule has 0 aliphatic heterocycles. The quantitative estimate of drug-likeness (QED) is 0.806. The second kappa shape index (κ2) is 6.12. The lowest BCUT2D eigenvalue weighted by Crippen LogP contribution is -2.39. The third-order valence-electron chi connectivity index (χ3n) is 2.30. The van der Waals surface area contributed by atoms with Crippen molar-refractivity contribution < 1.29 is 36.2 Å². The summed E-state index contributed by atoms with van der Waals surface area (Å²) in [6.07, 6.45) is -9.75. The van der Waals surface area contributed by atoms with E-state index in [1.54, 1.807) is 0 Å². The van der Waals surface area contributed by atoms with Gasteiger partial charge in [0.05, 0.1) is 11.3 Å². The van der Waals surface area contributed by atoms with E-state index in [0.717, 1.165) is 12.1 Å². The van der Waals surface area contributed by atoms with Crippen LogP contribution in [0, 0.1) is 0 Å². The number of nitrogens with zero attached hydrogens (tertiary/aromatic N) is 1. The van der Waals surface area contributed by atoms with Crippen LogP contribution in [0.1, 0.15) is 5.56 Å². The molecule has 3 nitrogen and oxygen atoms in total. The number of benzene rings is 1. The topological polar surface area (TPSA) is 40.5 Å². The molecule has 0 unspecified atom stereocenters. The standard InChI is InChI=1S/C11H8BrF6NO2/c12-6-1-2-7(11(16,17)18)8(3-6)19(4-9(20)21)5-10(13,14)15/h1-3H,4-5H2,(H,20,21). The fourth-order valence-electron chi connectivity index (χ4n) is 1.61. The normalized spacial score (nSPS) is 12.3. The van der Waals surface area contributed by atoms with Crippen molar-refractivity contribution in [2.24, 2.45) is 0 Å². The molecule has 0 spiro atoms. The van der Waals surface area contributed by atoms with Crippen molar-refractivity contribution in [1.29, 1.82) is 0 Å². The smallest absolute Gasteiger partial charge is 0.418 e. The summed E-state index contributed by atoms with van der Waals surface area (Å²) < 4.78 is 75.9. The van der Waals surface area contributed by atoms with Crippen LogP contribution < -0.4 is 4.90 Å². The van der Waals surface area contributed by atoms with Gasteiger partial charge in [0, 0.05) is 4.47 Å². The number of halogens is 7. The summed E-state index contributed by atoms with van der Waals surface area (Å²) in [4.78, 5) is 10.7. The first-order valence-electron chi connectivity index (χ1n) is 5.30. The van der Waals surface area contributed by atoms with Crippen molar-refractivity contribution >= 4 is 27.6 Å². The molecular formula is C11H8BrF6NO2. The van der Waals surface area contributed by atoms with Gasteiger partial charge < -0.3 is 10.0 Å². The highest BCUT2D eigenvalue weighted by Crippen LogP contribution is 2.38. The molecule has 0 heterocycles. The Balaban J connectivity index is 3.35. The van der Waals surface area contributed by atoms with E-state index in [0.29, 0.717) is 6.07 Å². The maximum Gasteiger partial charge on any atom is 0.418 e. The van der Waals surface area contributed by atoms with E-state index in [1.165, 1.54) is 0 Å². The number of carbonyl (C=O) groups is 1. The van der Waals surface area contributed by atoms with Crippen LogP contribution >= 0.6 is 15.9 Å². The number of rotatable bonds is 4. The molecule has 0 saturated heterocycles. The molecule has 0 radical (unpaired) electrons. The minimum atomic E-state index is -4.90. The molecule has 1 aromatic rings. The van der Waals surface area contributed by atoms with Gasteiger partial charge in [0.15, 0.2) is 0 Å². The summed E-state index contributed by atoms with van der Waals surface area (Å²) >= 11 is 2.85. The molecule has 0 atom stereocenters. The molecule has 10 heteroatoms. The summed E-state index contributed by atoms with van der Waals surface area (Å²) in [6.45, 7) is -3.02. The Morgan fingerprint density at radius 1 is 1.19 bits per heavy atom. The fraction of sp³-hybridized carbons (Fsp3) is 0.364. The van der Waals surface area contributed by atoms with E-state index >= 15 is 0 Å². The SMILES string of the molecule is O=C(O)CN(CC(F)(F)F)c1cc(Br)ccc1C(F)(F)F. The van der Waals surface area contributed by atoms with Crippen LogP contribution in [0.15, 0.2) is 22.7 Å². The van der Waals surface area contributed by atoms with Crippen LogP contribution in [0.25, 0.3) is 0 Å². The molecule has 0 aliphatic carbocycles. The van der Waals surface area contributed by atoms with Gasteiger partial charge in [-0.15, -0.1) is 0 Å². The van der Waals surface area contributed by atoms with Gasteiger partial charge >= 0.3 is 18.3 Å². The van der Waals surface area contributed by atoms with Gasteiger partial charge in [-0.05, 0) is 18.2 Å². The highest BCUT2D eigenvalue weighted by Gasteiger charge is 2.38. The maximum absolute atomic E-state index is 12.8. The average Bonchev–Trinajstić information content (AvgIpc) is 2.23. The van der Waals surface area contributed by atoms with E-state index in [2.05, 4.69) is 15.9 Å². The third kappa shape index (κ3) is 5.44. The molecule has 0 fully saturated rings. The molecule has 0 saturated carbocycles. The number of alkyl halides is 6. The molecule has 1 rings (SSSR count). The van der Waals surface area contributed by atoms with Crippen molar-refractivity contribution in [2.75, 3.05) is 18.0 Å². The van der Waals surface area contributed by atoms with E-state index in [9.17, 15) is 31.1 Å². The van der Waals surface area contributed by atoms with Gasteiger partial charge in [0.2, 0.25) is 0 Å². The predicted molar refractivity (Wildman–Crippen MR) is 65.0 cm³/mol. The summed E-state index contributed by atoms with van der Waals surface area (Å²) in [7, 11) is 0. The van der Waals surface area contributed by atoms with E-state index in [-0.39, 0.29) is 9.37 Å². The zero-order valence-corrected chi connectivity index (χ0v) is 11.7. The summed E-state index contributed by atoms with van der Waals surface area (Å²) in [5, 5.41) is 8.60. The van der Waals surface area contributed by atoms with Crippen molar-refractivity contribution in [3.63, 3.8) is 0 Å². The monoisotopic (exact) mass is 379 g/mol. The Morgan fingerprint density at radius 2 is 1.76 bits per heavy atom. The van der Waals surface area contributed by atoms with Gasteiger partial charge in [0.1, 0.15) is 13.1 Å². The van der Waals surface area contributed by atoms with Crippen molar-refractivity contribution in [1.82, 2.24) is 0 Å². The molecule has 0 amide bonds. The first-order valence-corrected chi connectivity index (χ1v) is 6.09. The molecule has 21 heavy (non-hydrogen) atoms. The maximum atomic E-state index is 12.8. The highest BCUT2D eigenvalue weighted by atomic mass is 79.9. The van der Waals surface area contributed by atoms with Gasteiger partial charge in [-0.2, -0.15) is 26.3 Å². The zero-order chi connectivity index (χ0) is 16.4. The summed E-state index contributed by atoms with van der Waals surface area (Å²) in [5.41, 5.74) is -2.19. The number of hydrogen-bond acceptors (Lipinski definition) is 2. The summed E-state index contributed by atoms with van der Waals surface area (Å²) in [5.74, 6) is -1.67. The van der Waals surface area contributed by atoms with Crippen molar-refractivity contribution in [3.05, 3.63) is 28.2 Å². The minimum absolute atomic E-state index is 0.100. The lowest BCUT2D eigenvalue weighted by Gasteiger charge is -2.27. The Bertz CT molecular complexity index is 528. The van der Waals surface area contributed by atoms with Crippen LogP contribution in [-0.2, 0) is 11.0 Å². The average molecular weight is 380 g/mol. The van der Waals surface area contributed by atoms with Crippen molar-refractivity contribution in [3.8, 4) is 0 Å². The zero-order valence-electron chi connectivity index (χ0n) is 10.1. The summed E-state index contributed by atoms with van der Waals surface area (Å²) in [6, 6.07) is 2.40. The fourth-order valence-corrected chi connectivity index (χ4v) is 1.96. The Morgan fingerprint density at radius 3 is 2.19 bits per heavy atom. The van der Waals surface area contributed by atoms with Gasteiger partial charge in [0.25, 0.3) is 0 Å². The second-order valence-corrected chi connectivity index (χ2v) is 4.94. The van der Waals surface area contributed by atoms with Crippen LogP contribution in [0.2, 0.25) is 0 Å². The molecule has 0 bridgehead atoms. The van der Waals surface area contributed by atoms with Crippen LogP contribution in [0.5, 0.6) is 0 Å². The Kier molecular flexibility index (Phi) is 5.13. The molecule has 118 valence electrons. The number of aliphatic carboxylic acids is 1. The second-order valence-electron chi connectivity index (χ2n) is 4.02. The third-order valence-corrected chi connectivity index (χ3v) is 2.80. The first-order chi connectivity index (χ1) is 9.40. The Hall–Kier alpha value is -1.45. The lowest BCUT2D eigenvalue weighted by atomic mass is 10.1. The largest absolute Gasteiger partial charge is 0.480 e. The predicted octanol–water partition coefficient (Wildman–Crippen LogP) is 3.92. The number of anilines is 1. The number of hydrogen-bond donors (Lipinski definition) is 1. The highest BCUT2D eigenvalue weighted by molar-refractivity contribution is 9.10. The van der Waals surface area contributed by atoms with Gasteiger partial charge in [-0.25, -0.2) is 0 Å². The Labute approximate surface area is 123 Å². The number of carboxylic acids is 1. The van der Waals surface area contributed by atoms with E-state index in [4.69, 9.17) is 5.11 Å². The molecular weight excluding hydrogens is 372 g/mol. The molecule has 1 N–H and O–H groups in total. The van der Waals surface area contributed by atoms with E-state index < -0.39 is 42.7 Å². The van der Waals surface area contributed by atoms with Gasteiger partial charge in [-0.1, -0.05) is 15.9 Å². The lowest BCUT2D eigenvalue weighted by molar-refractivity contribution is -0.140.